The number of aliphatic hydroxyl groups is 2. The predicted molar refractivity (Wildman–Crippen MR) is 133 cm³/mol. The highest BCUT2D eigenvalue weighted by Crippen LogP contribution is 2.38. The molecule has 0 spiro atoms. The number of hydrogen-bond donors (Lipinski definition) is 2. The van der Waals surface area contributed by atoms with Crippen LogP contribution >= 0.6 is 11.6 Å². The highest BCUT2D eigenvalue weighted by atomic mass is 35.5. The van der Waals surface area contributed by atoms with Gasteiger partial charge in [-0.3, -0.25) is 4.79 Å². The van der Waals surface area contributed by atoms with E-state index in [0.717, 1.165) is 28.1 Å². The molecule has 2 N–H and O–H groups in total. The number of nitrogens with zero attached hydrogens (tertiary/aromatic N) is 1. The Morgan fingerprint density at radius 1 is 1.12 bits per heavy atom. The lowest BCUT2D eigenvalue weighted by atomic mass is 10.0. The summed E-state index contributed by atoms with van der Waals surface area (Å²) < 4.78 is 20.2. The standard InChI is InChI=1S/C27H29ClFNO4/c1-17(2)25-16-24(19-5-4-6-20(28)13-19)27(18-7-9-21(29)10-8-18)30(25)12-11-22(31)14-23(32)15-26(33)34-3/h4-13,16-17,22-23,31-32H,14-15H2,1-3H3/b12-11+/t22-,23-/m1/s1. The molecule has 2 atom stereocenters. The molecule has 0 saturated heterocycles. The van der Waals surface area contributed by atoms with E-state index in [1.54, 1.807) is 30.5 Å². The minimum atomic E-state index is -1.03. The number of rotatable bonds is 9. The van der Waals surface area contributed by atoms with Gasteiger partial charge < -0.3 is 19.5 Å². The maximum absolute atomic E-state index is 13.7. The number of carbonyl (C=O) groups is 1. The van der Waals surface area contributed by atoms with E-state index >= 15 is 0 Å². The molecule has 0 radical (unpaired) electrons. The van der Waals surface area contributed by atoms with Gasteiger partial charge in [0.05, 0.1) is 31.4 Å². The van der Waals surface area contributed by atoms with E-state index in [1.807, 2.05) is 22.8 Å². The number of carbonyl (C=O) groups excluding carboxylic acids is 1. The Bertz CT molecular complexity index is 1150. The van der Waals surface area contributed by atoms with Crippen LogP contribution in [0.2, 0.25) is 5.02 Å². The molecule has 0 unspecified atom stereocenters. The van der Waals surface area contributed by atoms with Crippen molar-refractivity contribution in [3.05, 3.63) is 77.2 Å². The maximum Gasteiger partial charge on any atom is 0.308 e. The molecular weight excluding hydrogens is 457 g/mol. The van der Waals surface area contributed by atoms with Crippen LogP contribution in [-0.4, -0.2) is 40.1 Å². The highest BCUT2D eigenvalue weighted by Gasteiger charge is 2.20. The zero-order valence-corrected chi connectivity index (χ0v) is 20.2. The lowest BCUT2D eigenvalue weighted by molar-refractivity contribution is -0.143. The van der Waals surface area contributed by atoms with Crippen molar-refractivity contribution in [1.29, 1.82) is 0 Å². The maximum atomic E-state index is 13.7. The molecule has 1 heterocycles. The minimum Gasteiger partial charge on any atom is -0.469 e. The van der Waals surface area contributed by atoms with Gasteiger partial charge in [0, 0.05) is 28.9 Å². The number of halogens is 2. The Labute approximate surface area is 204 Å². The van der Waals surface area contributed by atoms with Gasteiger partial charge in [-0.15, -0.1) is 0 Å². The van der Waals surface area contributed by atoms with Gasteiger partial charge in [0.25, 0.3) is 0 Å². The Morgan fingerprint density at radius 2 is 1.82 bits per heavy atom. The zero-order valence-electron chi connectivity index (χ0n) is 19.4. The van der Waals surface area contributed by atoms with E-state index < -0.39 is 18.2 Å². The molecule has 0 aliphatic heterocycles. The smallest absolute Gasteiger partial charge is 0.308 e. The topological polar surface area (TPSA) is 71.7 Å². The zero-order chi connectivity index (χ0) is 24.8. The van der Waals surface area contributed by atoms with Gasteiger partial charge in [-0.25, -0.2) is 4.39 Å². The van der Waals surface area contributed by atoms with Gasteiger partial charge in [-0.1, -0.05) is 37.6 Å². The summed E-state index contributed by atoms with van der Waals surface area (Å²) >= 11 is 6.26. The van der Waals surface area contributed by atoms with Crippen LogP contribution in [0.1, 0.15) is 38.3 Å². The predicted octanol–water partition coefficient (Wildman–Crippen LogP) is 5.88. The number of esters is 1. The average molecular weight is 486 g/mol. The van der Waals surface area contributed by atoms with Gasteiger partial charge in [0.1, 0.15) is 5.82 Å². The molecule has 1 aromatic heterocycles. The molecule has 7 heteroatoms. The molecule has 180 valence electrons. The first-order chi connectivity index (χ1) is 16.2. The number of methoxy groups -OCH3 is 1. The summed E-state index contributed by atoms with van der Waals surface area (Å²) in [6.07, 6.45) is 1.09. The molecule has 3 rings (SSSR count). The van der Waals surface area contributed by atoms with Crippen LogP contribution in [0.5, 0.6) is 0 Å². The van der Waals surface area contributed by atoms with Crippen LogP contribution in [0.15, 0.2) is 60.7 Å². The van der Waals surface area contributed by atoms with Gasteiger partial charge in [0.2, 0.25) is 0 Å². The van der Waals surface area contributed by atoms with Crippen molar-refractivity contribution in [2.45, 2.75) is 44.8 Å². The van der Waals surface area contributed by atoms with E-state index in [9.17, 15) is 19.4 Å². The second kappa shape index (κ2) is 11.5. The lowest BCUT2D eigenvalue weighted by Gasteiger charge is -2.15. The van der Waals surface area contributed by atoms with Crippen molar-refractivity contribution < 1.29 is 24.1 Å². The normalized spacial score (nSPS) is 13.4. The summed E-state index contributed by atoms with van der Waals surface area (Å²) in [7, 11) is 1.25. The van der Waals surface area contributed by atoms with Gasteiger partial charge in [-0.05, 0) is 65.6 Å². The molecule has 0 aliphatic carbocycles. The summed E-state index contributed by atoms with van der Waals surface area (Å²) in [5.74, 6) is -0.736. The molecule has 0 fully saturated rings. The van der Waals surface area contributed by atoms with Crippen molar-refractivity contribution >= 4 is 23.8 Å². The minimum absolute atomic E-state index is 0.0170. The first-order valence-corrected chi connectivity index (χ1v) is 11.5. The van der Waals surface area contributed by atoms with Gasteiger partial charge >= 0.3 is 5.97 Å². The van der Waals surface area contributed by atoms with Gasteiger partial charge in [-0.2, -0.15) is 0 Å². The SMILES string of the molecule is COC(=O)C[C@H](O)C[C@H](O)/C=C/n1c(C(C)C)cc(-c2cccc(Cl)c2)c1-c1ccc(F)cc1. The summed E-state index contributed by atoms with van der Waals surface area (Å²) in [5.41, 5.74) is 4.43. The highest BCUT2D eigenvalue weighted by molar-refractivity contribution is 6.30. The lowest BCUT2D eigenvalue weighted by Crippen LogP contribution is -2.20. The molecule has 5 nitrogen and oxygen atoms in total. The fourth-order valence-corrected chi connectivity index (χ4v) is 4.02. The quantitative estimate of drug-likeness (QED) is 0.371. The fraction of sp³-hybridized carbons (Fsp3) is 0.296. The van der Waals surface area contributed by atoms with Crippen molar-refractivity contribution in [3.8, 4) is 22.4 Å². The van der Waals surface area contributed by atoms with Crippen LogP contribution in [0, 0.1) is 5.82 Å². The number of benzene rings is 2. The van der Waals surface area contributed by atoms with Crippen LogP contribution in [0.25, 0.3) is 28.6 Å². The number of ether oxygens (including phenoxy) is 1. The molecule has 34 heavy (non-hydrogen) atoms. The third kappa shape index (κ3) is 6.35. The molecule has 3 aromatic rings. The molecule has 0 amide bonds. The van der Waals surface area contributed by atoms with Crippen molar-refractivity contribution in [3.63, 3.8) is 0 Å². The Hall–Kier alpha value is -2.93. The first kappa shape index (κ1) is 25.7. The largest absolute Gasteiger partial charge is 0.469 e. The van der Waals surface area contributed by atoms with E-state index in [4.69, 9.17) is 11.6 Å². The van der Waals surface area contributed by atoms with Crippen molar-refractivity contribution in [2.24, 2.45) is 0 Å². The summed E-state index contributed by atoms with van der Waals surface area (Å²) in [5, 5.41) is 21.1. The second-order valence-electron chi connectivity index (χ2n) is 8.45. The van der Waals surface area contributed by atoms with E-state index in [2.05, 4.69) is 24.7 Å². The Kier molecular flexibility index (Phi) is 8.67. The second-order valence-corrected chi connectivity index (χ2v) is 8.89. The molecule has 0 aliphatic rings. The Morgan fingerprint density at radius 3 is 2.44 bits per heavy atom. The van der Waals surface area contributed by atoms with Crippen LogP contribution in [0.3, 0.4) is 0 Å². The molecule has 0 bridgehead atoms. The van der Waals surface area contributed by atoms with Gasteiger partial charge in [0.15, 0.2) is 0 Å². The molecule has 2 aromatic carbocycles. The average Bonchev–Trinajstić information content (AvgIpc) is 3.18. The Balaban J connectivity index is 2.07. The summed E-state index contributed by atoms with van der Waals surface area (Å²) in [4.78, 5) is 11.4. The van der Waals surface area contributed by atoms with Crippen LogP contribution < -0.4 is 0 Å². The van der Waals surface area contributed by atoms with Crippen molar-refractivity contribution in [2.75, 3.05) is 7.11 Å². The first-order valence-electron chi connectivity index (χ1n) is 11.1. The number of aliphatic hydroxyl groups excluding tert-OH is 2. The number of hydrogen-bond acceptors (Lipinski definition) is 4. The molecular formula is C27H29ClFNO4. The van der Waals surface area contributed by atoms with E-state index in [-0.39, 0.29) is 24.6 Å². The fourth-order valence-electron chi connectivity index (χ4n) is 3.83. The van der Waals surface area contributed by atoms with Crippen LogP contribution in [-0.2, 0) is 9.53 Å². The third-order valence-electron chi connectivity index (χ3n) is 5.51. The van der Waals surface area contributed by atoms with E-state index in [1.165, 1.54) is 19.2 Å². The molecule has 0 saturated carbocycles. The van der Waals surface area contributed by atoms with E-state index in [0.29, 0.717) is 5.02 Å². The summed E-state index contributed by atoms with van der Waals surface area (Å²) in [6.45, 7) is 4.12. The summed E-state index contributed by atoms with van der Waals surface area (Å²) in [6, 6.07) is 15.8. The third-order valence-corrected chi connectivity index (χ3v) is 5.75. The van der Waals surface area contributed by atoms with Crippen molar-refractivity contribution in [1.82, 2.24) is 4.57 Å². The van der Waals surface area contributed by atoms with Crippen LogP contribution in [0.4, 0.5) is 4.39 Å². The monoisotopic (exact) mass is 485 g/mol. The number of aromatic nitrogens is 1.